The van der Waals surface area contributed by atoms with Crippen molar-refractivity contribution in [3.8, 4) is 5.75 Å². The fourth-order valence-electron chi connectivity index (χ4n) is 2.07. The van der Waals surface area contributed by atoms with E-state index in [-0.39, 0.29) is 6.03 Å². The Hall–Kier alpha value is -2.60. The highest BCUT2D eigenvalue weighted by Gasteiger charge is 2.09. The molecule has 0 bridgehead atoms. The van der Waals surface area contributed by atoms with Gasteiger partial charge in [0.15, 0.2) is 5.13 Å². The number of hydrogen-bond acceptors (Lipinski definition) is 4. The molecule has 0 fully saturated rings. The number of anilines is 2. The number of urea groups is 1. The van der Waals surface area contributed by atoms with E-state index in [1.54, 1.807) is 31.4 Å². The predicted octanol–water partition coefficient (Wildman–Crippen LogP) is 4.26. The second-order valence-electron chi connectivity index (χ2n) is 4.75. The lowest BCUT2D eigenvalue weighted by Gasteiger charge is -2.06. The number of ether oxygens (including phenoxy) is 1. The van der Waals surface area contributed by atoms with Crippen molar-refractivity contribution in [3.63, 3.8) is 0 Å². The highest BCUT2D eigenvalue weighted by atomic mass is 32.1. The number of nitrogens with zero attached hydrogens (tertiary/aromatic N) is 1. The molecule has 0 spiro atoms. The number of carbonyl (C=O) groups is 1. The normalized spacial score (nSPS) is 10.5. The van der Waals surface area contributed by atoms with Crippen LogP contribution in [0.25, 0.3) is 10.2 Å². The molecule has 0 aliphatic heterocycles. The smallest absolute Gasteiger partial charge is 0.325 e. The molecule has 3 rings (SSSR count). The van der Waals surface area contributed by atoms with Crippen molar-refractivity contribution in [1.29, 1.82) is 0 Å². The van der Waals surface area contributed by atoms with Gasteiger partial charge in [0.05, 0.1) is 17.3 Å². The van der Waals surface area contributed by atoms with Crippen LogP contribution in [0.4, 0.5) is 15.6 Å². The van der Waals surface area contributed by atoms with Gasteiger partial charge in [-0.25, -0.2) is 9.78 Å². The molecule has 0 aliphatic rings. The van der Waals surface area contributed by atoms with E-state index < -0.39 is 0 Å². The number of para-hydroxylation sites is 1. The van der Waals surface area contributed by atoms with E-state index in [1.807, 2.05) is 25.1 Å². The summed E-state index contributed by atoms with van der Waals surface area (Å²) in [5.41, 5.74) is 2.71. The molecule has 0 saturated carbocycles. The standard InChI is InChI=1S/C16H15N3O2S/c1-10-4-3-5-13-14(10)18-16(22-13)19-15(20)17-11-6-8-12(21-2)9-7-11/h3-9H,1-2H3,(H2,17,18,19,20). The first kappa shape index (κ1) is 14.3. The molecule has 112 valence electrons. The van der Waals surface area contributed by atoms with E-state index >= 15 is 0 Å². The number of amides is 2. The molecule has 0 saturated heterocycles. The fourth-order valence-corrected chi connectivity index (χ4v) is 3.01. The van der Waals surface area contributed by atoms with Gasteiger partial charge in [-0.2, -0.15) is 0 Å². The van der Waals surface area contributed by atoms with Gasteiger partial charge in [0.2, 0.25) is 0 Å². The van der Waals surface area contributed by atoms with Crippen molar-refractivity contribution in [3.05, 3.63) is 48.0 Å². The Bertz CT molecular complexity index is 812. The number of aromatic nitrogens is 1. The monoisotopic (exact) mass is 313 g/mol. The zero-order valence-electron chi connectivity index (χ0n) is 12.2. The van der Waals surface area contributed by atoms with Crippen LogP contribution in [0.2, 0.25) is 0 Å². The first-order valence-corrected chi connectivity index (χ1v) is 7.55. The second kappa shape index (κ2) is 6.03. The number of hydrogen-bond donors (Lipinski definition) is 2. The van der Waals surface area contributed by atoms with Crippen LogP contribution in [-0.2, 0) is 0 Å². The molecule has 2 amide bonds. The van der Waals surface area contributed by atoms with Crippen molar-refractivity contribution in [2.24, 2.45) is 0 Å². The SMILES string of the molecule is COc1ccc(NC(=O)Nc2nc3c(C)cccc3s2)cc1. The minimum absolute atomic E-state index is 0.318. The van der Waals surface area contributed by atoms with E-state index in [0.29, 0.717) is 10.8 Å². The molecule has 6 heteroatoms. The number of aryl methyl sites for hydroxylation is 1. The third kappa shape index (κ3) is 3.01. The van der Waals surface area contributed by atoms with Gasteiger partial charge in [0.25, 0.3) is 0 Å². The highest BCUT2D eigenvalue weighted by Crippen LogP contribution is 2.28. The molecule has 3 aromatic rings. The van der Waals surface area contributed by atoms with E-state index in [0.717, 1.165) is 21.5 Å². The summed E-state index contributed by atoms with van der Waals surface area (Å²) in [6, 6.07) is 12.8. The Labute approximate surface area is 131 Å². The molecule has 22 heavy (non-hydrogen) atoms. The second-order valence-corrected chi connectivity index (χ2v) is 5.78. The minimum atomic E-state index is -0.318. The Kier molecular flexibility index (Phi) is 3.93. The summed E-state index contributed by atoms with van der Waals surface area (Å²) >= 11 is 1.45. The topological polar surface area (TPSA) is 63.2 Å². The van der Waals surface area contributed by atoms with E-state index in [4.69, 9.17) is 4.74 Å². The number of benzene rings is 2. The molecule has 5 nitrogen and oxygen atoms in total. The number of rotatable bonds is 3. The number of nitrogens with one attached hydrogen (secondary N) is 2. The summed E-state index contributed by atoms with van der Waals surface area (Å²) < 4.78 is 6.13. The van der Waals surface area contributed by atoms with Gasteiger partial charge >= 0.3 is 6.03 Å². The highest BCUT2D eigenvalue weighted by molar-refractivity contribution is 7.22. The maximum absolute atomic E-state index is 12.0. The third-order valence-corrected chi connectivity index (χ3v) is 4.13. The zero-order chi connectivity index (χ0) is 15.5. The summed E-state index contributed by atoms with van der Waals surface area (Å²) in [4.78, 5) is 16.5. The van der Waals surface area contributed by atoms with Gasteiger partial charge in [-0.05, 0) is 42.8 Å². The summed E-state index contributed by atoms with van der Waals surface area (Å²) in [5, 5.41) is 6.10. The molecule has 0 unspecified atom stereocenters. The van der Waals surface area contributed by atoms with E-state index in [1.165, 1.54) is 11.3 Å². The van der Waals surface area contributed by atoms with Gasteiger partial charge in [-0.1, -0.05) is 23.5 Å². The fraction of sp³-hybridized carbons (Fsp3) is 0.125. The third-order valence-electron chi connectivity index (χ3n) is 3.19. The molecule has 1 aromatic heterocycles. The Morgan fingerprint density at radius 1 is 1.14 bits per heavy atom. The van der Waals surface area contributed by atoms with Crippen LogP contribution < -0.4 is 15.4 Å². The van der Waals surface area contributed by atoms with Crippen molar-refractivity contribution < 1.29 is 9.53 Å². The summed E-state index contributed by atoms with van der Waals surface area (Å²) in [6.07, 6.45) is 0. The average molecular weight is 313 g/mol. The van der Waals surface area contributed by atoms with Crippen LogP contribution in [-0.4, -0.2) is 18.1 Å². The lowest BCUT2D eigenvalue weighted by Crippen LogP contribution is -2.19. The van der Waals surface area contributed by atoms with Crippen molar-refractivity contribution >= 4 is 38.4 Å². The molecule has 2 aromatic carbocycles. The van der Waals surface area contributed by atoms with Crippen LogP contribution in [0, 0.1) is 6.92 Å². The van der Waals surface area contributed by atoms with Crippen LogP contribution in [0.5, 0.6) is 5.75 Å². The summed E-state index contributed by atoms with van der Waals surface area (Å²) in [5.74, 6) is 0.743. The maximum Gasteiger partial charge on any atom is 0.325 e. The lowest BCUT2D eigenvalue weighted by molar-refractivity contribution is 0.262. The van der Waals surface area contributed by atoms with Crippen molar-refractivity contribution in [2.45, 2.75) is 6.92 Å². The Morgan fingerprint density at radius 2 is 1.91 bits per heavy atom. The summed E-state index contributed by atoms with van der Waals surface area (Å²) in [6.45, 7) is 2.00. The zero-order valence-corrected chi connectivity index (χ0v) is 13.0. The van der Waals surface area contributed by atoms with Gasteiger partial charge in [-0.3, -0.25) is 5.32 Å². The van der Waals surface area contributed by atoms with Crippen LogP contribution in [0.1, 0.15) is 5.56 Å². The van der Waals surface area contributed by atoms with Crippen molar-refractivity contribution in [2.75, 3.05) is 17.7 Å². The quantitative estimate of drug-likeness (QED) is 0.759. The molecule has 0 atom stereocenters. The van der Waals surface area contributed by atoms with Gasteiger partial charge in [-0.15, -0.1) is 0 Å². The molecular formula is C16H15N3O2S. The van der Waals surface area contributed by atoms with Crippen LogP contribution in [0.15, 0.2) is 42.5 Å². The molecule has 2 N–H and O–H groups in total. The predicted molar refractivity (Wildman–Crippen MR) is 90.0 cm³/mol. The van der Waals surface area contributed by atoms with E-state index in [9.17, 15) is 4.79 Å². The lowest BCUT2D eigenvalue weighted by atomic mass is 10.2. The number of carbonyl (C=O) groups excluding carboxylic acids is 1. The average Bonchev–Trinajstić information content (AvgIpc) is 2.92. The van der Waals surface area contributed by atoms with E-state index in [2.05, 4.69) is 15.6 Å². The van der Waals surface area contributed by atoms with Crippen LogP contribution >= 0.6 is 11.3 Å². The van der Waals surface area contributed by atoms with Gasteiger partial charge in [0, 0.05) is 5.69 Å². The first-order chi connectivity index (χ1) is 10.7. The first-order valence-electron chi connectivity index (χ1n) is 6.74. The molecule has 1 heterocycles. The Balaban J connectivity index is 1.71. The largest absolute Gasteiger partial charge is 0.497 e. The van der Waals surface area contributed by atoms with Gasteiger partial charge < -0.3 is 10.1 Å². The minimum Gasteiger partial charge on any atom is -0.497 e. The summed E-state index contributed by atoms with van der Waals surface area (Å²) in [7, 11) is 1.60. The Morgan fingerprint density at radius 3 is 2.59 bits per heavy atom. The molecule has 0 radical (unpaired) electrons. The van der Waals surface area contributed by atoms with Crippen LogP contribution in [0.3, 0.4) is 0 Å². The molecule has 0 aliphatic carbocycles. The number of fused-ring (bicyclic) bond motifs is 1. The maximum atomic E-state index is 12.0. The number of thiazole rings is 1. The van der Waals surface area contributed by atoms with Crippen molar-refractivity contribution in [1.82, 2.24) is 4.98 Å². The number of methoxy groups -OCH3 is 1. The molecular weight excluding hydrogens is 298 g/mol. The van der Waals surface area contributed by atoms with Gasteiger partial charge in [0.1, 0.15) is 5.75 Å².